The average Bonchev–Trinajstić information content (AvgIpc) is 3.53. The van der Waals surface area contributed by atoms with Gasteiger partial charge in [-0.2, -0.15) is 0 Å². The molecule has 0 aliphatic carbocycles. The molecule has 39 heavy (non-hydrogen) atoms. The smallest absolute Gasteiger partial charge is 0.240 e. The molecule has 9 nitrogen and oxygen atoms in total. The zero-order valence-electron chi connectivity index (χ0n) is 21.6. The third-order valence-electron chi connectivity index (χ3n) is 5.89. The van der Waals surface area contributed by atoms with Crippen LogP contribution in [0.5, 0.6) is 0 Å². The van der Waals surface area contributed by atoms with E-state index in [-0.39, 0.29) is 16.8 Å². The van der Waals surface area contributed by atoms with Crippen molar-refractivity contribution in [3.8, 4) is 17.2 Å². The molecular formula is C28H28N6O3S2. The van der Waals surface area contributed by atoms with E-state index in [4.69, 9.17) is 0 Å². The van der Waals surface area contributed by atoms with E-state index >= 15 is 0 Å². The highest BCUT2D eigenvalue weighted by Crippen LogP contribution is 2.31. The number of anilines is 1. The molecule has 0 aliphatic heterocycles. The first-order valence-corrected chi connectivity index (χ1v) is 14.8. The number of carbonyl (C=O) groups excluding carboxylic acids is 1. The standard InChI is InChI=1S/C28H28N6O3S2/c1-18(2)33-39(36,37)23-15-13-21(14-16-23)29-27(35)19(3)38-28-32-31-26(34(28)22-10-5-4-6-11-22)25-17-20-9-7-8-12-24(20)30-25/h4-19,30,33H,1-3H3,(H,29,35). The average molecular weight is 561 g/mol. The fourth-order valence-electron chi connectivity index (χ4n) is 4.08. The summed E-state index contributed by atoms with van der Waals surface area (Å²) in [6.45, 7) is 5.30. The summed E-state index contributed by atoms with van der Waals surface area (Å²) in [5, 5.41) is 12.9. The molecule has 1 unspecified atom stereocenters. The van der Waals surface area contributed by atoms with Gasteiger partial charge in [-0.25, -0.2) is 13.1 Å². The SMILES string of the molecule is CC(C)NS(=O)(=O)c1ccc(NC(=O)C(C)Sc2nnc(-c3cc4ccccc4[nH]3)n2-c2ccccc2)cc1. The van der Waals surface area contributed by atoms with Gasteiger partial charge in [0.1, 0.15) is 0 Å². The minimum atomic E-state index is -3.61. The first kappa shape index (κ1) is 26.7. The van der Waals surface area contributed by atoms with Crippen LogP contribution in [0, 0.1) is 0 Å². The maximum atomic E-state index is 13.1. The van der Waals surface area contributed by atoms with E-state index < -0.39 is 15.3 Å². The van der Waals surface area contributed by atoms with Crippen LogP contribution in [-0.2, 0) is 14.8 Å². The molecule has 0 spiro atoms. The summed E-state index contributed by atoms with van der Waals surface area (Å²) in [6, 6.07) is 25.6. The van der Waals surface area contributed by atoms with Crippen LogP contribution in [0.25, 0.3) is 28.1 Å². The Balaban J connectivity index is 1.37. The maximum Gasteiger partial charge on any atom is 0.240 e. The van der Waals surface area contributed by atoms with Crippen LogP contribution in [0.3, 0.4) is 0 Å². The van der Waals surface area contributed by atoms with Gasteiger partial charge in [0, 0.05) is 28.3 Å². The predicted octanol–water partition coefficient (Wildman–Crippen LogP) is 5.22. The van der Waals surface area contributed by atoms with Gasteiger partial charge in [0.2, 0.25) is 15.9 Å². The van der Waals surface area contributed by atoms with E-state index in [0.29, 0.717) is 16.7 Å². The maximum absolute atomic E-state index is 13.1. The Hall–Kier alpha value is -3.93. The fraction of sp³-hybridized carbons (Fsp3) is 0.179. The molecule has 3 aromatic carbocycles. The van der Waals surface area contributed by atoms with E-state index in [9.17, 15) is 13.2 Å². The minimum Gasteiger partial charge on any atom is -0.352 e. The van der Waals surface area contributed by atoms with E-state index in [1.54, 1.807) is 32.9 Å². The molecule has 0 saturated heterocycles. The molecule has 2 heterocycles. The normalized spacial score (nSPS) is 12.6. The van der Waals surface area contributed by atoms with E-state index in [2.05, 4.69) is 25.2 Å². The number of sulfonamides is 1. The Morgan fingerprint density at radius 1 is 0.923 bits per heavy atom. The molecule has 0 aliphatic rings. The van der Waals surface area contributed by atoms with E-state index in [1.807, 2.05) is 65.2 Å². The number of hydrogen-bond donors (Lipinski definition) is 3. The molecule has 1 atom stereocenters. The van der Waals surface area contributed by atoms with Gasteiger partial charge in [0.15, 0.2) is 11.0 Å². The fourth-order valence-corrected chi connectivity index (χ4v) is 6.19. The lowest BCUT2D eigenvalue weighted by Crippen LogP contribution is -2.30. The van der Waals surface area contributed by atoms with Crippen LogP contribution >= 0.6 is 11.8 Å². The number of nitrogens with one attached hydrogen (secondary N) is 3. The van der Waals surface area contributed by atoms with Gasteiger partial charge in [-0.05, 0) is 69.3 Å². The van der Waals surface area contributed by atoms with Crippen molar-refractivity contribution < 1.29 is 13.2 Å². The van der Waals surface area contributed by atoms with Crippen LogP contribution in [-0.4, -0.2) is 45.4 Å². The molecular weight excluding hydrogens is 532 g/mol. The number of benzene rings is 3. The highest BCUT2D eigenvalue weighted by molar-refractivity contribution is 8.00. The van der Waals surface area contributed by atoms with Crippen molar-refractivity contribution >= 4 is 44.3 Å². The lowest BCUT2D eigenvalue weighted by molar-refractivity contribution is -0.115. The molecule has 0 bridgehead atoms. The molecule has 0 radical (unpaired) electrons. The lowest BCUT2D eigenvalue weighted by atomic mass is 10.2. The second-order valence-corrected chi connectivity index (χ2v) is 12.3. The van der Waals surface area contributed by atoms with Crippen LogP contribution < -0.4 is 10.0 Å². The van der Waals surface area contributed by atoms with Gasteiger partial charge in [-0.15, -0.1) is 10.2 Å². The largest absolute Gasteiger partial charge is 0.352 e. The summed E-state index contributed by atoms with van der Waals surface area (Å²) < 4.78 is 29.2. The molecule has 11 heteroatoms. The summed E-state index contributed by atoms with van der Waals surface area (Å²) in [5.41, 5.74) is 3.19. The number of hydrogen-bond acceptors (Lipinski definition) is 6. The molecule has 5 rings (SSSR count). The summed E-state index contributed by atoms with van der Waals surface area (Å²) >= 11 is 1.29. The van der Waals surface area contributed by atoms with E-state index in [1.165, 1.54) is 23.9 Å². The number of rotatable bonds is 9. The van der Waals surface area contributed by atoms with Gasteiger partial charge >= 0.3 is 0 Å². The van der Waals surface area contributed by atoms with Crippen molar-refractivity contribution in [2.75, 3.05) is 5.32 Å². The summed E-state index contributed by atoms with van der Waals surface area (Å²) in [7, 11) is -3.61. The highest BCUT2D eigenvalue weighted by Gasteiger charge is 2.23. The number of amides is 1. The van der Waals surface area contributed by atoms with E-state index in [0.717, 1.165) is 22.3 Å². The summed E-state index contributed by atoms with van der Waals surface area (Å²) in [6.07, 6.45) is 0. The molecule has 1 amide bonds. The molecule has 2 aromatic heterocycles. The van der Waals surface area contributed by atoms with Gasteiger partial charge in [0.05, 0.1) is 15.8 Å². The topological polar surface area (TPSA) is 122 Å². The molecule has 0 fully saturated rings. The number of carbonyl (C=O) groups is 1. The second-order valence-electron chi connectivity index (χ2n) is 9.30. The molecule has 200 valence electrons. The summed E-state index contributed by atoms with van der Waals surface area (Å²) in [4.78, 5) is 16.6. The van der Waals surface area contributed by atoms with Crippen LogP contribution in [0.1, 0.15) is 20.8 Å². The number of nitrogens with zero attached hydrogens (tertiary/aromatic N) is 3. The number of para-hydroxylation sites is 2. The van der Waals surface area contributed by atoms with Crippen LogP contribution in [0.4, 0.5) is 5.69 Å². The van der Waals surface area contributed by atoms with Gasteiger partial charge in [-0.3, -0.25) is 9.36 Å². The van der Waals surface area contributed by atoms with Crippen molar-refractivity contribution in [3.05, 3.63) is 84.9 Å². The van der Waals surface area contributed by atoms with Gasteiger partial charge < -0.3 is 10.3 Å². The monoisotopic (exact) mass is 560 g/mol. The lowest BCUT2D eigenvalue weighted by Gasteiger charge is -2.14. The third-order valence-corrected chi connectivity index (χ3v) is 8.61. The Labute approximate surface area is 231 Å². The van der Waals surface area contributed by atoms with Crippen LogP contribution in [0.2, 0.25) is 0 Å². The predicted molar refractivity (Wildman–Crippen MR) is 154 cm³/mol. The molecule has 3 N–H and O–H groups in total. The number of fused-ring (bicyclic) bond motifs is 1. The Kier molecular flexibility index (Phi) is 7.56. The highest BCUT2D eigenvalue weighted by atomic mass is 32.2. The van der Waals surface area contributed by atoms with Gasteiger partial charge in [-0.1, -0.05) is 48.2 Å². The third kappa shape index (κ3) is 5.90. The van der Waals surface area contributed by atoms with Crippen LogP contribution in [0.15, 0.2) is 95.0 Å². The summed E-state index contributed by atoms with van der Waals surface area (Å²) in [5.74, 6) is 0.394. The molecule has 5 aromatic rings. The number of aromatic amines is 1. The molecule has 0 saturated carbocycles. The number of thioether (sulfide) groups is 1. The first-order chi connectivity index (χ1) is 18.7. The zero-order chi connectivity index (χ0) is 27.6. The van der Waals surface area contributed by atoms with Crippen molar-refractivity contribution in [1.82, 2.24) is 24.5 Å². The number of H-pyrrole nitrogens is 1. The number of aromatic nitrogens is 4. The minimum absolute atomic E-state index is 0.136. The van der Waals surface area contributed by atoms with Crippen molar-refractivity contribution in [2.24, 2.45) is 0 Å². The Morgan fingerprint density at radius 3 is 2.31 bits per heavy atom. The Bertz CT molecular complexity index is 1680. The first-order valence-electron chi connectivity index (χ1n) is 12.4. The Morgan fingerprint density at radius 2 is 1.62 bits per heavy atom. The van der Waals surface area contributed by atoms with Crippen molar-refractivity contribution in [1.29, 1.82) is 0 Å². The second kappa shape index (κ2) is 11.0. The quantitative estimate of drug-likeness (QED) is 0.213. The zero-order valence-corrected chi connectivity index (χ0v) is 23.3. The van der Waals surface area contributed by atoms with Crippen molar-refractivity contribution in [3.63, 3.8) is 0 Å². The van der Waals surface area contributed by atoms with Gasteiger partial charge in [0.25, 0.3) is 0 Å². The van der Waals surface area contributed by atoms with Crippen molar-refractivity contribution in [2.45, 2.75) is 42.1 Å².